The molecular formula is C15H19F3N2O2. The Morgan fingerprint density at radius 2 is 2.14 bits per heavy atom. The number of halogens is 3. The van der Waals surface area contributed by atoms with Crippen LogP contribution in [0.5, 0.6) is 5.75 Å². The topological polar surface area (TPSA) is 41.6 Å². The number of carbonyl (C=O) groups excluding carboxylic acids is 1. The summed E-state index contributed by atoms with van der Waals surface area (Å²) in [6.45, 7) is 2.28. The van der Waals surface area contributed by atoms with Crippen molar-refractivity contribution in [3.05, 3.63) is 24.3 Å². The summed E-state index contributed by atoms with van der Waals surface area (Å²) in [4.78, 5) is 13.4. The number of benzene rings is 1. The molecule has 0 radical (unpaired) electrons. The number of amides is 2. The lowest BCUT2D eigenvalue weighted by molar-refractivity contribution is -0.183. The van der Waals surface area contributed by atoms with Crippen LogP contribution >= 0.6 is 0 Å². The number of hydrogen-bond donors (Lipinski definition) is 1. The first-order chi connectivity index (χ1) is 10.4. The van der Waals surface area contributed by atoms with Gasteiger partial charge in [0.2, 0.25) is 0 Å². The van der Waals surface area contributed by atoms with Crippen LogP contribution in [0.2, 0.25) is 0 Å². The molecule has 2 rings (SSSR count). The average Bonchev–Trinajstić information content (AvgIpc) is 2.49. The quantitative estimate of drug-likeness (QED) is 0.919. The van der Waals surface area contributed by atoms with Gasteiger partial charge < -0.3 is 15.0 Å². The van der Waals surface area contributed by atoms with Crippen LogP contribution in [-0.2, 0) is 0 Å². The zero-order valence-corrected chi connectivity index (χ0v) is 12.3. The lowest BCUT2D eigenvalue weighted by atomic mass is 9.98. The first-order valence-electron chi connectivity index (χ1n) is 7.26. The van der Waals surface area contributed by atoms with Gasteiger partial charge in [-0.05, 0) is 31.9 Å². The minimum absolute atomic E-state index is 0.0722. The summed E-state index contributed by atoms with van der Waals surface area (Å²) in [6.07, 6.45) is -3.84. The Kier molecular flexibility index (Phi) is 5.15. The van der Waals surface area contributed by atoms with E-state index in [0.717, 1.165) is 0 Å². The largest absolute Gasteiger partial charge is 0.492 e. The van der Waals surface area contributed by atoms with Crippen LogP contribution in [0, 0.1) is 5.92 Å². The van der Waals surface area contributed by atoms with Crippen LogP contribution in [-0.4, -0.2) is 36.8 Å². The van der Waals surface area contributed by atoms with Crippen molar-refractivity contribution in [1.82, 2.24) is 4.90 Å². The molecule has 0 spiro atoms. The molecule has 1 atom stereocenters. The minimum Gasteiger partial charge on any atom is -0.492 e. The number of rotatable bonds is 3. The molecule has 4 nitrogen and oxygen atoms in total. The van der Waals surface area contributed by atoms with Crippen LogP contribution in [0.4, 0.5) is 23.7 Å². The number of likely N-dealkylation sites (tertiary alicyclic amines) is 1. The highest BCUT2D eigenvalue weighted by atomic mass is 19.4. The van der Waals surface area contributed by atoms with Crippen molar-refractivity contribution in [2.24, 2.45) is 5.92 Å². The van der Waals surface area contributed by atoms with Gasteiger partial charge in [-0.1, -0.05) is 12.1 Å². The van der Waals surface area contributed by atoms with Crippen molar-refractivity contribution in [3.8, 4) is 5.75 Å². The number of para-hydroxylation sites is 2. The fraction of sp³-hybridized carbons (Fsp3) is 0.533. The SMILES string of the molecule is CCOc1ccccc1NC(=O)N1CCC[C@H](C(F)(F)F)C1. The van der Waals surface area contributed by atoms with Crippen LogP contribution in [0.15, 0.2) is 24.3 Å². The number of piperidine rings is 1. The highest BCUT2D eigenvalue weighted by molar-refractivity contribution is 5.91. The fourth-order valence-electron chi connectivity index (χ4n) is 2.47. The van der Waals surface area contributed by atoms with E-state index in [1.807, 2.05) is 6.92 Å². The van der Waals surface area contributed by atoms with Crippen LogP contribution in [0.25, 0.3) is 0 Å². The minimum atomic E-state index is -4.26. The summed E-state index contributed by atoms with van der Waals surface area (Å²) in [5.41, 5.74) is 0.462. The molecule has 0 saturated carbocycles. The third kappa shape index (κ3) is 4.05. The molecule has 2 amide bonds. The maximum atomic E-state index is 12.8. The van der Waals surface area contributed by atoms with Crippen LogP contribution in [0.1, 0.15) is 19.8 Å². The second-order valence-electron chi connectivity index (χ2n) is 5.19. The van der Waals surface area contributed by atoms with E-state index in [-0.39, 0.29) is 13.0 Å². The fourth-order valence-corrected chi connectivity index (χ4v) is 2.47. The van der Waals surface area contributed by atoms with Gasteiger partial charge in [0.05, 0.1) is 18.2 Å². The normalized spacial score (nSPS) is 18.9. The smallest absolute Gasteiger partial charge is 0.393 e. The van der Waals surface area contributed by atoms with E-state index < -0.39 is 18.1 Å². The van der Waals surface area contributed by atoms with Gasteiger partial charge in [0.15, 0.2) is 0 Å². The van der Waals surface area contributed by atoms with Crippen molar-refractivity contribution in [2.45, 2.75) is 25.9 Å². The van der Waals surface area contributed by atoms with E-state index in [1.165, 1.54) is 4.90 Å². The van der Waals surface area contributed by atoms with Crippen LogP contribution < -0.4 is 10.1 Å². The molecule has 0 aromatic heterocycles. The Morgan fingerprint density at radius 1 is 1.41 bits per heavy atom. The van der Waals surface area contributed by atoms with E-state index in [0.29, 0.717) is 31.0 Å². The number of nitrogens with zero attached hydrogens (tertiary/aromatic N) is 1. The van der Waals surface area contributed by atoms with Gasteiger partial charge in [-0.3, -0.25) is 0 Å². The molecule has 1 heterocycles. The zero-order valence-electron chi connectivity index (χ0n) is 12.3. The Morgan fingerprint density at radius 3 is 2.82 bits per heavy atom. The third-order valence-corrected chi connectivity index (χ3v) is 3.60. The van der Waals surface area contributed by atoms with Gasteiger partial charge in [0.1, 0.15) is 5.75 Å². The molecule has 7 heteroatoms. The maximum absolute atomic E-state index is 12.8. The molecule has 1 N–H and O–H groups in total. The first kappa shape index (κ1) is 16.5. The van der Waals surface area contributed by atoms with Gasteiger partial charge in [-0.2, -0.15) is 13.2 Å². The molecule has 0 bridgehead atoms. The Balaban J connectivity index is 2.03. The summed E-state index contributed by atoms with van der Waals surface area (Å²) >= 11 is 0. The van der Waals surface area contributed by atoms with Crippen molar-refractivity contribution in [2.75, 3.05) is 25.0 Å². The number of hydrogen-bond acceptors (Lipinski definition) is 2. The number of anilines is 1. The van der Waals surface area contributed by atoms with Gasteiger partial charge in [0.25, 0.3) is 0 Å². The number of carbonyl (C=O) groups is 1. The Bertz CT molecular complexity index is 520. The van der Waals surface area contributed by atoms with Gasteiger partial charge in [0, 0.05) is 13.1 Å². The van der Waals surface area contributed by atoms with E-state index in [1.54, 1.807) is 24.3 Å². The lowest BCUT2D eigenvalue weighted by Gasteiger charge is -2.33. The number of nitrogens with one attached hydrogen (secondary N) is 1. The molecule has 1 aliphatic rings. The van der Waals surface area contributed by atoms with E-state index in [2.05, 4.69) is 5.32 Å². The highest BCUT2D eigenvalue weighted by Crippen LogP contribution is 2.33. The zero-order chi connectivity index (χ0) is 16.2. The average molecular weight is 316 g/mol. The van der Waals surface area contributed by atoms with Crippen molar-refractivity contribution in [1.29, 1.82) is 0 Å². The van der Waals surface area contributed by atoms with Gasteiger partial charge >= 0.3 is 12.2 Å². The lowest BCUT2D eigenvalue weighted by Crippen LogP contribution is -2.46. The molecule has 1 aliphatic heterocycles. The van der Waals surface area contributed by atoms with Crippen LogP contribution in [0.3, 0.4) is 0 Å². The number of alkyl halides is 3. The van der Waals surface area contributed by atoms with E-state index in [9.17, 15) is 18.0 Å². The standard InChI is InChI=1S/C15H19F3N2O2/c1-2-22-13-8-4-3-7-12(13)19-14(21)20-9-5-6-11(10-20)15(16,17)18/h3-4,7-8,11H,2,5-6,9-10H2,1H3,(H,19,21)/t11-/m0/s1. The molecule has 1 saturated heterocycles. The second-order valence-corrected chi connectivity index (χ2v) is 5.19. The van der Waals surface area contributed by atoms with E-state index >= 15 is 0 Å². The predicted molar refractivity (Wildman–Crippen MR) is 77.0 cm³/mol. The number of ether oxygens (including phenoxy) is 1. The molecule has 22 heavy (non-hydrogen) atoms. The predicted octanol–water partition coefficient (Wildman–Crippen LogP) is 3.89. The molecule has 1 aromatic rings. The molecule has 0 unspecified atom stereocenters. The molecule has 122 valence electrons. The third-order valence-electron chi connectivity index (χ3n) is 3.60. The molecular weight excluding hydrogens is 297 g/mol. The Labute approximate surface area is 127 Å². The second kappa shape index (κ2) is 6.89. The highest BCUT2D eigenvalue weighted by Gasteiger charge is 2.42. The van der Waals surface area contributed by atoms with Crippen molar-refractivity contribution in [3.63, 3.8) is 0 Å². The maximum Gasteiger partial charge on any atom is 0.393 e. The van der Waals surface area contributed by atoms with Gasteiger partial charge in [-0.15, -0.1) is 0 Å². The summed E-state index contributed by atoms with van der Waals surface area (Å²) in [7, 11) is 0. The van der Waals surface area contributed by atoms with Gasteiger partial charge in [-0.25, -0.2) is 4.79 Å². The van der Waals surface area contributed by atoms with Crippen molar-refractivity contribution >= 4 is 11.7 Å². The van der Waals surface area contributed by atoms with Crippen molar-refractivity contribution < 1.29 is 22.7 Å². The summed E-state index contributed by atoms with van der Waals surface area (Å²) in [5.74, 6) is -0.947. The molecule has 1 aromatic carbocycles. The first-order valence-corrected chi connectivity index (χ1v) is 7.26. The summed E-state index contributed by atoms with van der Waals surface area (Å²) in [6, 6.07) is 6.33. The van der Waals surface area contributed by atoms with E-state index in [4.69, 9.17) is 4.74 Å². The summed E-state index contributed by atoms with van der Waals surface area (Å²) < 4.78 is 43.8. The Hall–Kier alpha value is -1.92. The molecule has 0 aliphatic carbocycles. The number of urea groups is 1. The monoisotopic (exact) mass is 316 g/mol. The summed E-state index contributed by atoms with van der Waals surface area (Å²) in [5, 5.41) is 2.63. The molecule has 1 fully saturated rings.